The SMILES string of the molecule is C#CCCCN1CCC(=O)NC(C)(CC)C1=O. The number of hydrogen-bond donors (Lipinski definition) is 1. The predicted molar refractivity (Wildman–Crippen MR) is 66.1 cm³/mol. The molecule has 0 aromatic rings. The zero-order valence-electron chi connectivity index (χ0n) is 10.6. The Hall–Kier alpha value is -1.50. The molecule has 0 spiro atoms. The molecule has 1 saturated heterocycles. The largest absolute Gasteiger partial charge is 0.342 e. The summed E-state index contributed by atoms with van der Waals surface area (Å²) in [6, 6.07) is 0. The summed E-state index contributed by atoms with van der Waals surface area (Å²) < 4.78 is 0. The molecule has 1 aliphatic rings. The molecule has 0 aromatic heterocycles. The molecule has 4 heteroatoms. The number of amides is 2. The van der Waals surface area contributed by atoms with Crippen LogP contribution in [0.3, 0.4) is 0 Å². The first kappa shape index (κ1) is 13.6. The van der Waals surface area contributed by atoms with Crippen LogP contribution in [0.25, 0.3) is 0 Å². The van der Waals surface area contributed by atoms with Gasteiger partial charge in [-0.25, -0.2) is 0 Å². The first-order chi connectivity index (χ1) is 8.03. The lowest BCUT2D eigenvalue weighted by Gasteiger charge is -2.31. The number of hydrogen-bond acceptors (Lipinski definition) is 2. The van der Waals surface area contributed by atoms with E-state index in [2.05, 4.69) is 11.2 Å². The molecule has 1 atom stereocenters. The summed E-state index contributed by atoms with van der Waals surface area (Å²) in [6.45, 7) is 4.81. The van der Waals surface area contributed by atoms with Crippen LogP contribution in [0.4, 0.5) is 0 Å². The van der Waals surface area contributed by atoms with E-state index in [1.165, 1.54) is 0 Å². The van der Waals surface area contributed by atoms with Crippen molar-refractivity contribution < 1.29 is 9.59 Å². The Balaban J connectivity index is 2.74. The van der Waals surface area contributed by atoms with Crippen LogP contribution in [0.15, 0.2) is 0 Å². The summed E-state index contributed by atoms with van der Waals surface area (Å²) in [4.78, 5) is 25.6. The summed E-state index contributed by atoms with van der Waals surface area (Å²) in [6.07, 6.45) is 7.61. The van der Waals surface area contributed by atoms with Crippen LogP contribution in [-0.4, -0.2) is 35.3 Å². The fourth-order valence-corrected chi connectivity index (χ4v) is 1.94. The lowest BCUT2D eigenvalue weighted by molar-refractivity contribution is -0.138. The molecule has 0 aromatic carbocycles. The summed E-state index contributed by atoms with van der Waals surface area (Å²) in [5.74, 6) is 2.51. The van der Waals surface area contributed by atoms with Crippen LogP contribution in [0.5, 0.6) is 0 Å². The normalized spacial score (nSPS) is 25.1. The van der Waals surface area contributed by atoms with Crippen molar-refractivity contribution in [2.24, 2.45) is 0 Å². The average Bonchev–Trinajstić information content (AvgIpc) is 2.41. The van der Waals surface area contributed by atoms with Crippen molar-refractivity contribution in [3.8, 4) is 12.3 Å². The molecule has 1 rings (SSSR count). The number of nitrogens with zero attached hydrogens (tertiary/aromatic N) is 1. The molecule has 1 fully saturated rings. The van der Waals surface area contributed by atoms with E-state index >= 15 is 0 Å². The maximum atomic E-state index is 12.3. The molecule has 1 aliphatic heterocycles. The van der Waals surface area contributed by atoms with Crippen molar-refractivity contribution in [3.63, 3.8) is 0 Å². The monoisotopic (exact) mass is 236 g/mol. The molecule has 0 aliphatic carbocycles. The highest BCUT2D eigenvalue weighted by atomic mass is 16.2. The van der Waals surface area contributed by atoms with Gasteiger partial charge in [0, 0.05) is 25.9 Å². The minimum absolute atomic E-state index is 0.00266. The molecule has 4 nitrogen and oxygen atoms in total. The van der Waals surface area contributed by atoms with Crippen LogP contribution in [0.2, 0.25) is 0 Å². The Labute approximate surface area is 103 Å². The summed E-state index contributed by atoms with van der Waals surface area (Å²) >= 11 is 0. The highest BCUT2D eigenvalue weighted by Gasteiger charge is 2.38. The van der Waals surface area contributed by atoms with E-state index in [4.69, 9.17) is 6.42 Å². The Bertz CT molecular complexity index is 346. The van der Waals surface area contributed by atoms with Gasteiger partial charge in [0.15, 0.2) is 0 Å². The molecule has 1 heterocycles. The van der Waals surface area contributed by atoms with Crippen LogP contribution in [-0.2, 0) is 9.59 Å². The van der Waals surface area contributed by atoms with E-state index in [9.17, 15) is 9.59 Å². The fraction of sp³-hybridized carbons (Fsp3) is 0.692. The highest BCUT2D eigenvalue weighted by Crippen LogP contribution is 2.17. The van der Waals surface area contributed by atoms with Crippen molar-refractivity contribution in [2.45, 2.75) is 45.1 Å². The topological polar surface area (TPSA) is 49.4 Å². The van der Waals surface area contributed by atoms with Gasteiger partial charge < -0.3 is 10.2 Å². The van der Waals surface area contributed by atoms with Crippen molar-refractivity contribution >= 4 is 11.8 Å². The Kier molecular flexibility index (Phi) is 4.56. The van der Waals surface area contributed by atoms with Gasteiger partial charge in [0.1, 0.15) is 5.54 Å². The van der Waals surface area contributed by atoms with Crippen molar-refractivity contribution in [1.82, 2.24) is 10.2 Å². The first-order valence-electron chi connectivity index (χ1n) is 6.07. The zero-order chi connectivity index (χ0) is 12.9. The van der Waals surface area contributed by atoms with Gasteiger partial charge >= 0.3 is 0 Å². The maximum absolute atomic E-state index is 12.3. The number of nitrogens with one attached hydrogen (secondary N) is 1. The van der Waals surface area contributed by atoms with Gasteiger partial charge in [-0.1, -0.05) is 6.92 Å². The smallest absolute Gasteiger partial charge is 0.248 e. The fourth-order valence-electron chi connectivity index (χ4n) is 1.94. The zero-order valence-corrected chi connectivity index (χ0v) is 10.6. The van der Waals surface area contributed by atoms with Crippen LogP contribution in [0.1, 0.15) is 39.5 Å². The van der Waals surface area contributed by atoms with Crippen LogP contribution >= 0.6 is 0 Å². The van der Waals surface area contributed by atoms with Gasteiger partial charge in [-0.05, 0) is 19.8 Å². The van der Waals surface area contributed by atoms with Crippen molar-refractivity contribution in [3.05, 3.63) is 0 Å². The van der Waals surface area contributed by atoms with Gasteiger partial charge in [-0.2, -0.15) is 0 Å². The van der Waals surface area contributed by atoms with Gasteiger partial charge in [0.25, 0.3) is 0 Å². The Morgan fingerprint density at radius 1 is 1.53 bits per heavy atom. The number of carbonyl (C=O) groups excluding carboxylic acids is 2. The average molecular weight is 236 g/mol. The van der Waals surface area contributed by atoms with Crippen LogP contribution in [0, 0.1) is 12.3 Å². The minimum atomic E-state index is -0.760. The lowest BCUT2D eigenvalue weighted by atomic mass is 9.97. The first-order valence-corrected chi connectivity index (χ1v) is 6.07. The van der Waals surface area contributed by atoms with E-state index in [1.807, 2.05) is 6.92 Å². The number of carbonyl (C=O) groups is 2. The molecule has 17 heavy (non-hydrogen) atoms. The molecule has 1 unspecified atom stereocenters. The van der Waals surface area contributed by atoms with Gasteiger partial charge in [-0.3, -0.25) is 9.59 Å². The summed E-state index contributed by atoms with van der Waals surface area (Å²) in [5.41, 5.74) is -0.760. The molecular formula is C13H20N2O2. The lowest BCUT2D eigenvalue weighted by Crippen LogP contribution is -2.54. The molecule has 0 radical (unpaired) electrons. The van der Waals surface area contributed by atoms with E-state index in [1.54, 1.807) is 11.8 Å². The third-order valence-corrected chi connectivity index (χ3v) is 3.24. The van der Waals surface area contributed by atoms with Crippen LogP contribution < -0.4 is 5.32 Å². The number of unbranched alkanes of at least 4 members (excludes halogenated alkanes) is 1. The third kappa shape index (κ3) is 3.23. The Morgan fingerprint density at radius 2 is 2.24 bits per heavy atom. The van der Waals surface area contributed by atoms with E-state index < -0.39 is 5.54 Å². The van der Waals surface area contributed by atoms with Gasteiger partial charge in [0.2, 0.25) is 11.8 Å². The second-order valence-corrected chi connectivity index (χ2v) is 4.58. The molecule has 0 bridgehead atoms. The second kappa shape index (κ2) is 5.72. The molecule has 2 amide bonds. The molecular weight excluding hydrogens is 216 g/mol. The van der Waals surface area contributed by atoms with Gasteiger partial charge in [0.05, 0.1) is 0 Å². The maximum Gasteiger partial charge on any atom is 0.248 e. The quantitative estimate of drug-likeness (QED) is 0.583. The highest BCUT2D eigenvalue weighted by molar-refractivity contribution is 5.93. The second-order valence-electron chi connectivity index (χ2n) is 4.58. The van der Waals surface area contributed by atoms with Crippen molar-refractivity contribution in [2.75, 3.05) is 13.1 Å². The standard InChI is InChI=1S/C13H20N2O2/c1-4-6-7-9-15-10-8-11(16)14-13(3,5-2)12(15)17/h1H,5-10H2,2-3H3,(H,14,16). The number of terminal acetylenes is 1. The summed E-state index contributed by atoms with van der Waals surface area (Å²) in [5, 5.41) is 2.80. The predicted octanol–water partition coefficient (Wildman–Crippen LogP) is 0.917. The molecule has 94 valence electrons. The molecule has 0 saturated carbocycles. The van der Waals surface area contributed by atoms with E-state index in [-0.39, 0.29) is 11.8 Å². The Morgan fingerprint density at radius 3 is 2.82 bits per heavy atom. The summed E-state index contributed by atoms with van der Waals surface area (Å²) in [7, 11) is 0. The number of rotatable bonds is 4. The van der Waals surface area contributed by atoms with Gasteiger partial charge in [-0.15, -0.1) is 12.3 Å². The minimum Gasteiger partial charge on any atom is -0.342 e. The van der Waals surface area contributed by atoms with E-state index in [0.29, 0.717) is 32.4 Å². The molecule has 1 N–H and O–H groups in total. The third-order valence-electron chi connectivity index (χ3n) is 3.24. The van der Waals surface area contributed by atoms with E-state index in [0.717, 1.165) is 6.42 Å². The van der Waals surface area contributed by atoms with Crippen molar-refractivity contribution in [1.29, 1.82) is 0 Å².